The van der Waals surface area contributed by atoms with Crippen molar-refractivity contribution < 1.29 is 30.6 Å². The second-order valence-corrected chi connectivity index (χ2v) is 6.49. The standard InChI is InChI=1S/C15H17ClFNO4S/c1-2-22-15(19)11-5-3-4-6-14(11)23(20,21)18-13-8-7-10(17)9-12(13)16/h5,7-9,14,18H,2-4,6H2,1H3/t14-/m1/s1/i3D2,5D,6D2/hD. The van der Waals surface area contributed by atoms with Crippen LogP contribution in [0.1, 0.15) is 32.9 Å². The first-order valence-corrected chi connectivity index (χ1v) is 8.41. The van der Waals surface area contributed by atoms with Crippen LogP contribution in [0.25, 0.3) is 0 Å². The van der Waals surface area contributed by atoms with Crippen molar-refractivity contribution >= 4 is 33.3 Å². The predicted octanol–water partition coefficient (Wildman–Crippen LogP) is 3.26. The van der Waals surface area contributed by atoms with Crippen molar-refractivity contribution in [1.82, 2.24) is 0 Å². The van der Waals surface area contributed by atoms with Crippen LogP contribution in [-0.2, 0) is 19.6 Å². The predicted molar refractivity (Wildman–Crippen MR) is 86.3 cm³/mol. The molecular weight excluding hydrogens is 345 g/mol. The van der Waals surface area contributed by atoms with Crippen LogP contribution in [0.15, 0.2) is 29.8 Å². The highest BCUT2D eigenvalue weighted by atomic mass is 35.5. The van der Waals surface area contributed by atoms with Gasteiger partial charge in [0.25, 0.3) is 0 Å². The van der Waals surface area contributed by atoms with E-state index in [0.717, 1.165) is 18.2 Å². The maximum absolute atomic E-state index is 13.3. The SMILES string of the molecule is [2H]C1=C(C(=O)OCC)[C@H](S(=O)(=O)N([2H])c2ccc(F)cc2Cl)C([2H])([2H])CC1([2H])[2H]. The van der Waals surface area contributed by atoms with Crippen LogP contribution in [0.3, 0.4) is 0 Å². The van der Waals surface area contributed by atoms with Gasteiger partial charge in [-0.1, -0.05) is 17.7 Å². The number of allylic oxidation sites excluding steroid dienone is 1. The lowest BCUT2D eigenvalue weighted by atomic mass is 9.99. The van der Waals surface area contributed by atoms with Gasteiger partial charge in [-0.05, 0) is 44.3 Å². The smallest absolute Gasteiger partial charge is 0.335 e. The third-order valence-corrected chi connectivity index (χ3v) is 4.54. The maximum Gasteiger partial charge on any atom is 0.335 e. The summed E-state index contributed by atoms with van der Waals surface area (Å²) >= 11 is 5.80. The molecule has 0 saturated carbocycles. The molecule has 2 rings (SSSR count). The van der Waals surface area contributed by atoms with Gasteiger partial charge in [0.05, 0.1) is 24.3 Å². The number of rotatable bonds is 5. The number of hydrogen-bond acceptors (Lipinski definition) is 4. The molecule has 23 heavy (non-hydrogen) atoms. The number of carbonyl (C=O) groups is 1. The fourth-order valence-corrected chi connectivity index (χ4v) is 3.36. The van der Waals surface area contributed by atoms with Gasteiger partial charge in [0, 0.05) is 5.48 Å². The van der Waals surface area contributed by atoms with E-state index in [-0.39, 0.29) is 11.3 Å². The van der Waals surface area contributed by atoms with Gasteiger partial charge in [-0.25, -0.2) is 17.6 Å². The quantitative estimate of drug-likeness (QED) is 0.811. The first-order valence-electron chi connectivity index (χ1n) is 9.48. The Balaban J connectivity index is 2.71. The lowest BCUT2D eigenvalue weighted by molar-refractivity contribution is -0.138. The zero-order valence-electron chi connectivity index (χ0n) is 18.0. The van der Waals surface area contributed by atoms with Gasteiger partial charge in [0.2, 0.25) is 10.0 Å². The van der Waals surface area contributed by atoms with E-state index in [1.807, 2.05) is 0 Å². The van der Waals surface area contributed by atoms with Crippen LogP contribution >= 0.6 is 11.6 Å². The molecule has 8 heteroatoms. The number of halogens is 2. The molecule has 1 atom stereocenters. The summed E-state index contributed by atoms with van der Waals surface area (Å²) in [6.45, 7) is 1.16. The van der Waals surface area contributed by atoms with Crippen LogP contribution in [0.4, 0.5) is 10.1 Å². The largest absolute Gasteiger partial charge is 0.463 e. The molecule has 1 aromatic rings. The summed E-state index contributed by atoms with van der Waals surface area (Å²) < 4.78 is 91.8. The van der Waals surface area contributed by atoms with Gasteiger partial charge in [-0.2, -0.15) is 0 Å². The maximum atomic E-state index is 13.3. The van der Waals surface area contributed by atoms with E-state index in [1.54, 1.807) is 0 Å². The fraction of sp³-hybridized carbons (Fsp3) is 0.400. The van der Waals surface area contributed by atoms with Crippen LogP contribution in [-0.4, -0.2) is 26.2 Å². The minimum atomic E-state index is -5.08. The Morgan fingerprint density at radius 3 is 3.04 bits per heavy atom. The molecule has 0 heterocycles. The van der Waals surface area contributed by atoms with E-state index in [1.165, 1.54) is 6.92 Å². The van der Waals surface area contributed by atoms with Gasteiger partial charge < -0.3 is 4.74 Å². The Morgan fingerprint density at radius 2 is 2.39 bits per heavy atom. The average molecular weight is 368 g/mol. The van der Waals surface area contributed by atoms with Crippen molar-refractivity contribution in [3.8, 4) is 0 Å². The lowest BCUT2D eigenvalue weighted by Gasteiger charge is -2.24. The number of anilines is 1. The first-order chi connectivity index (χ1) is 13.2. The minimum Gasteiger partial charge on any atom is -0.463 e. The van der Waals surface area contributed by atoms with Crippen LogP contribution < -0.4 is 4.72 Å². The van der Waals surface area contributed by atoms with Crippen molar-refractivity contribution in [2.75, 3.05) is 11.3 Å². The summed E-state index contributed by atoms with van der Waals surface area (Å²) in [5.74, 6) is -2.18. The summed E-state index contributed by atoms with van der Waals surface area (Å²) in [6, 6.07) is 1.43. The molecule has 126 valence electrons. The van der Waals surface area contributed by atoms with E-state index < -0.39 is 68.6 Å². The highest BCUT2D eigenvalue weighted by Gasteiger charge is 2.35. The van der Waals surface area contributed by atoms with Gasteiger partial charge in [0.15, 0.2) is 1.41 Å². The molecule has 1 N–H and O–H groups in total. The molecule has 0 fully saturated rings. The van der Waals surface area contributed by atoms with Crippen LogP contribution in [0.2, 0.25) is 6.43 Å². The zero-order valence-corrected chi connectivity index (χ0v) is 13.5. The second kappa shape index (κ2) is 7.31. The van der Waals surface area contributed by atoms with Crippen molar-refractivity contribution in [1.29, 1.82) is 0 Å². The van der Waals surface area contributed by atoms with Crippen molar-refractivity contribution in [2.45, 2.75) is 31.3 Å². The summed E-state index contributed by atoms with van der Waals surface area (Å²) in [7, 11) is -5.08. The van der Waals surface area contributed by atoms with Gasteiger partial charge in [-0.3, -0.25) is 4.72 Å². The molecule has 1 aliphatic carbocycles. The van der Waals surface area contributed by atoms with Crippen molar-refractivity contribution in [2.24, 2.45) is 0 Å². The van der Waals surface area contributed by atoms with E-state index in [2.05, 4.69) is 0 Å². The minimum absolute atomic E-state index is 0.162. The Kier molecular flexibility index (Phi) is 3.51. The number of nitrogens with one attached hydrogen (secondary N) is 1. The molecule has 5 nitrogen and oxygen atoms in total. The molecule has 1 aromatic carbocycles. The Morgan fingerprint density at radius 1 is 1.65 bits per heavy atom. The Bertz CT molecular complexity index is 972. The summed E-state index contributed by atoms with van der Waals surface area (Å²) in [5.41, 5.74) is -1.55. The lowest BCUT2D eigenvalue weighted by Crippen LogP contribution is -2.34. The van der Waals surface area contributed by atoms with E-state index in [4.69, 9.17) is 24.6 Å². The molecule has 0 aromatic heterocycles. The molecule has 0 saturated heterocycles. The number of sulfonamides is 1. The summed E-state index contributed by atoms with van der Waals surface area (Å²) in [4.78, 5) is 12.4. The fourth-order valence-electron chi connectivity index (χ4n) is 1.82. The molecule has 0 amide bonds. The Labute approximate surface area is 148 Å². The third kappa shape index (κ3) is 4.23. The number of esters is 1. The Hall–Kier alpha value is -1.60. The number of benzene rings is 1. The van der Waals surface area contributed by atoms with Gasteiger partial charge >= 0.3 is 5.97 Å². The molecule has 0 spiro atoms. The van der Waals surface area contributed by atoms with Crippen LogP contribution in [0.5, 0.6) is 0 Å². The van der Waals surface area contributed by atoms with Crippen LogP contribution in [0, 0.1) is 5.82 Å². The second-order valence-electron chi connectivity index (χ2n) is 4.40. The number of ether oxygens (including phenoxy) is 1. The molecular formula is C15H17ClFNO4S. The van der Waals surface area contributed by atoms with Gasteiger partial charge in [-0.15, -0.1) is 0 Å². The normalized spacial score (nSPS) is 26.8. The highest BCUT2D eigenvalue weighted by Crippen LogP contribution is 2.30. The molecule has 0 bridgehead atoms. The number of carbonyl (C=O) groups excluding carboxylic acids is 1. The van der Waals surface area contributed by atoms with E-state index in [9.17, 15) is 17.6 Å². The van der Waals surface area contributed by atoms with E-state index in [0.29, 0.717) is 0 Å². The topological polar surface area (TPSA) is 72.5 Å². The molecule has 0 aliphatic heterocycles. The van der Waals surface area contributed by atoms with Crippen molar-refractivity contribution in [3.05, 3.63) is 40.7 Å². The monoisotopic (exact) mass is 367 g/mol. The van der Waals surface area contributed by atoms with Crippen molar-refractivity contribution in [3.63, 3.8) is 0 Å². The average Bonchev–Trinajstić information content (AvgIpc) is 2.56. The van der Waals surface area contributed by atoms with Gasteiger partial charge in [0.1, 0.15) is 11.1 Å². The number of hydrogen-bond donors (Lipinski definition) is 1. The zero-order chi connectivity index (χ0) is 22.4. The van der Waals surface area contributed by atoms with E-state index >= 15 is 0 Å². The summed E-state index contributed by atoms with van der Waals surface area (Å²) in [6.07, 6.45) is -6.56. The molecule has 1 aliphatic rings. The molecule has 0 unspecified atom stereocenters. The summed E-state index contributed by atoms with van der Waals surface area (Å²) in [5, 5.41) is -2.87. The molecule has 0 radical (unpaired) electrons. The first kappa shape index (κ1) is 11.0. The third-order valence-electron chi connectivity index (χ3n) is 2.79. The highest BCUT2D eigenvalue weighted by molar-refractivity contribution is 7.93.